The Morgan fingerprint density at radius 3 is 2.67 bits per heavy atom. The van der Waals surface area contributed by atoms with Crippen LogP contribution in [0.2, 0.25) is 0 Å². The van der Waals surface area contributed by atoms with Crippen molar-refractivity contribution in [3.8, 4) is 0 Å². The van der Waals surface area contributed by atoms with Crippen LogP contribution in [-0.4, -0.2) is 70.6 Å². The van der Waals surface area contributed by atoms with Crippen LogP contribution in [0, 0.1) is 0 Å². The molecule has 2 heterocycles. The fourth-order valence-corrected chi connectivity index (χ4v) is 2.23. The molecular weight excluding hydrogens is 280 g/mol. The Kier molecular flexibility index (Phi) is 3.84. The molecule has 2 aliphatic heterocycles. The molecule has 2 N–H and O–H groups in total. The maximum absolute atomic E-state index is 12.1. The molecule has 2 aliphatic rings. The molecule has 2 rings (SSSR count). The largest absolute Gasteiger partial charge is 0.499 e. The number of hydrogen-bond donors (Lipinski definition) is 2. The van der Waals surface area contributed by atoms with Gasteiger partial charge in [-0.2, -0.15) is 0 Å². The van der Waals surface area contributed by atoms with E-state index in [1.807, 2.05) is 0 Å². The number of likely N-dealkylation sites (tertiary alicyclic amines) is 1. The SMILES string of the molecule is COC1=CC(=O)N(C(=O)C=C2CC(O)(CO)C(=O)N2C)C1. The molecule has 8 nitrogen and oxygen atoms in total. The first-order chi connectivity index (χ1) is 9.82. The normalized spacial score (nSPS) is 27.6. The van der Waals surface area contributed by atoms with E-state index in [0.29, 0.717) is 5.76 Å². The number of rotatable bonds is 3. The van der Waals surface area contributed by atoms with E-state index in [0.717, 1.165) is 15.9 Å². The van der Waals surface area contributed by atoms with Crippen molar-refractivity contribution in [2.45, 2.75) is 12.0 Å². The second kappa shape index (κ2) is 5.30. The number of likely N-dealkylation sites (N-methyl/N-ethyl adjacent to an activating group) is 1. The van der Waals surface area contributed by atoms with Gasteiger partial charge < -0.3 is 19.8 Å². The lowest BCUT2D eigenvalue weighted by atomic mass is 10.0. The number of carbonyl (C=O) groups excluding carboxylic acids is 3. The third-order valence-electron chi connectivity index (χ3n) is 3.55. The highest BCUT2D eigenvalue weighted by Crippen LogP contribution is 2.30. The lowest BCUT2D eigenvalue weighted by Gasteiger charge is -2.16. The van der Waals surface area contributed by atoms with Crippen LogP contribution in [-0.2, 0) is 19.1 Å². The molecule has 0 aromatic rings. The van der Waals surface area contributed by atoms with Crippen LogP contribution in [0.4, 0.5) is 0 Å². The minimum atomic E-state index is -1.91. The van der Waals surface area contributed by atoms with E-state index in [1.54, 1.807) is 0 Å². The molecule has 1 saturated heterocycles. The molecule has 8 heteroatoms. The first kappa shape index (κ1) is 15.2. The van der Waals surface area contributed by atoms with Crippen LogP contribution in [0.1, 0.15) is 6.42 Å². The van der Waals surface area contributed by atoms with Gasteiger partial charge in [0.25, 0.3) is 17.7 Å². The lowest BCUT2D eigenvalue weighted by Crippen LogP contribution is -2.41. The number of aliphatic hydroxyl groups excluding tert-OH is 1. The standard InChI is InChI=1S/C13H16N2O6/c1-14-8(5-13(20,7-16)12(14)19)3-10(17)15-6-9(21-2)4-11(15)18/h3-4,16,20H,5-7H2,1-2H3. The van der Waals surface area contributed by atoms with Crippen LogP contribution in [0.15, 0.2) is 23.6 Å². The van der Waals surface area contributed by atoms with Crippen LogP contribution < -0.4 is 0 Å². The van der Waals surface area contributed by atoms with Gasteiger partial charge in [0.1, 0.15) is 5.76 Å². The van der Waals surface area contributed by atoms with Crippen molar-refractivity contribution in [3.63, 3.8) is 0 Å². The second-order valence-corrected chi connectivity index (χ2v) is 4.94. The van der Waals surface area contributed by atoms with Gasteiger partial charge >= 0.3 is 0 Å². The Morgan fingerprint density at radius 2 is 2.19 bits per heavy atom. The Morgan fingerprint density at radius 1 is 1.52 bits per heavy atom. The summed E-state index contributed by atoms with van der Waals surface area (Å²) in [6.07, 6.45) is 2.14. The monoisotopic (exact) mass is 296 g/mol. The highest BCUT2D eigenvalue weighted by Gasteiger charge is 2.46. The van der Waals surface area contributed by atoms with Crippen molar-refractivity contribution < 1.29 is 29.3 Å². The van der Waals surface area contributed by atoms with Crippen molar-refractivity contribution in [2.75, 3.05) is 27.3 Å². The van der Waals surface area contributed by atoms with Crippen LogP contribution >= 0.6 is 0 Å². The zero-order chi connectivity index (χ0) is 15.8. The lowest BCUT2D eigenvalue weighted by molar-refractivity contribution is -0.145. The van der Waals surface area contributed by atoms with Crippen molar-refractivity contribution in [1.29, 1.82) is 0 Å². The Bertz CT molecular complexity index is 567. The number of hydrogen-bond acceptors (Lipinski definition) is 6. The zero-order valence-corrected chi connectivity index (χ0v) is 11.7. The summed E-state index contributed by atoms with van der Waals surface area (Å²) in [5, 5.41) is 19.0. The third-order valence-corrected chi connectivity index (χ3v) is 3.55. The number of aliphatic hydroxyl groups is 2. The average Bonchev–Trinajstić information content (AvgIpc) is 2.94. The number of amides is 3. The predicted molar refractivity (Wildman–Crippen MR) is 69.3 cm³/mol. The highest BCUT2D eigenvalue weighted by molar-refractivity contribution is 6.07. The minimum Gasteiger partial charge on any atom is -0.499 e. The van der Waals surface area contributed by atoms with Gasteiger partial charge in [0.2, 0.25) is 0 Å². The fourth-order valence-electron chi connectivity index (χ4n) is 2.23. The quantitative estimate of drug-likeness (QED) is 0.605. The number of ether oxygens (including phenoxy) is 1. The first-order valence-corrected chi connectivity index (χ1v) is 6.24. The molecule has 0 saturated carbocycles. The molecule has 21 heavy (non-hydrogen) atoms. The Balaban J connectivity index is 2.16. The summed E-state index contributed by atoms with van der Waals surface area (Å²) in [6, 6.07) is 0. The molecule has 1 atom stereocenters. The van der Waals surface area contributed by atoms with Crippen LogP contribution in [0.3, 0.4) is 0 Å². The summed E-state index contributed by atoms with van der Waals surface area (Å²) in [4.78, 5) is 37.6. The minimum absolute atomic E-state index is 0.0277. The van der Waals surface area contributed by atoms with Gasteiger partial charge in [-0.25, -0.2) is 0 Å². The molecule has 0 aliphatic carbocycles. The number of methoxy groups -OCH3 is 1. The van der Waals surface area contributed by atoms with Gasteiger partial charge in [0.15, 0.2) is 5.60 Å². The van der Waals surface area contributed by atoms with Gasteiger partial charge in [-0.15, -0.1) is 0 Å². The zero-order valence-electron chi connectivity index (χ0n) is 11.7. The van der Waals surface area contributed by atoms with E-state index in [9.17, 15) is 19.5 Å². The topological polar surface area (TPSA) is 107 Å². The number of imide groups is 1. The molecule has 0 radical (unpaired) electrons. The van der Waals surface area contributed by atoms with E-state index in [2.05, 4.69) is 0 Å². The molecule has 0 spiro atoms. The molecule has 3 amide bonds. The fraction of sp³-hybridized carbons (Fsp3) is 0.462. The van der Waals surface area contributed by atoms with E-state index < -0.39 is 29.9 Å². The van der Waals surface area contributed by atoms with Gasteiger partial charge in [0.05, 0.1) is 20.3 Å². The number of nitrogens with zero attached hydrogens (tertiary/aromatic N) is 2. The Hall–Kier alpha value is -2.19. The summed E-state index contributed by atoms with van der Waals surface area (Å²) >= 11 is 0. The van der Waals surface area contributed by atoms with Crippen LogP contribution in [0.5, 0.6) is 0 Å². The summed E-state index contributed by atoms with van der Waals surface area (Å²) in [7, 11) is 2.79. The first-order valence-electron chi connectivity index (χ1n) is 6.24. The van der Waals surface area contributed by atoms with Gasteiger partial charge in [0, 0.05) is 31.3 Å². The van der Waals surface area contributed by atoms with E-state index in [1.165, 1.54) is 20.2 Å². The average molecular weight is 296 g/mol. The van der Waals surface area contributed by atoms with Gasteiger partial charge in [-0.05, 0) is 0 Å². The molecule has 1 fully saturated rings. The molecular formula is C13H16N2O6. The van der Waals surface area contributed by atoms with Crippen molar-refractivity contribution in [3.05, 3.63) is 23.6 Å². The van der Waals surface area contributed by atoms with Gasteiger partial charge in [-0.1, -0.05) is 0 Å². The molecule has 1 unspecified atom stereocenters. The molecule has 114 valence electrons. The smallest absolute Gasteiger partial charge is 0.261 e. The molecule has 0 bridgehead atoms. The maximum atomic E-state index is 12.1. The Labute approximate surface area is 120 Å². The predicted octanol–water partition coefficient (Wildman–Crippen LogP) is -1.65. The van der Waals surface area contributed by atoms with Crippen molar-refractivity contribution in [2.24, 2.45) is 0 Å². The molecule has 0 aromatic heterocycles. The van der Waals surface area contributed by atoms with E-state index >= 15 is 0 Å². The van der Waals surface area contributed by atoms with Crippen molar-refractivity contribution >= 4 is 17.7 Å². The van der Waals surface area contributed by atoms with Gasteiger partial charge in [-0.3, -0.25) is 19.3 Å². The third kappa shape index (κ3) is 2.55. The second-order valence-electron chi connectivity index (χ2n) is 4.94. The van der Waals surface area contributed by atoms with E-state index in [-0.39, 0.29) is 18.7 Å². The highest BCUT2D eigenvalue weighted by atomic mass is 16.5. The van der Waals surface area contributed by atoms with E-state index in [4.69, 9.17) is 9.84 Å². The molecule has 0 aromatic carbocycles. The summed E-state index contributed by atoms with van der Waals surface area (Å²) in [5.41, 5.74) is -1.67. The maximum Gasteiger partial charge on any atom is 0.261 e. The summed E-state index contributed by atoms with van der Waals surface area (Å²) in [6.45, 7) is -0.709. The van der Waals surface area contributed by atoms with Crippen LogP contribution in [0.25, 0.3) is 0 Å². The van der Waals surface area contributed by atoms with Crippen molar-refractivity contribution in [1.82, 2.24) is 9.80 Å². The number of carbonyl (C=O) groups is 3. The summed E-state index contributed by atoms with van der Waals surface area (Å²) < 4.78 is 4.91. The summed E-state index contributed by atoms with van der Waals surface area (Å²) in [5.74, 6) is -1.43.